The van der Waals surface area contributed by atoms with Gasteiger partial charge in [0, 0.05) is 16.0 Å². The number of aromatic nitrogens is 1. The molecule has 1 aromatic heterocycles. The third kappa shape index (κ3) is 3.92. The molecule has 2 N–H and O–H groups in total. The molecule has 2 aromatic carbocycles. The molecule has 2 amide bonds. The minimum Gasteiger partial charge on any atom is -0.485 e. The molecule has 1 unspecified atom stereocenters. The van der Waals surface area contributed by atoms with Crippen LogP contribution in [-0.2, 0) is 4.79 Å². The quantitative estimate of drug-likeness (QED) is 0.642. The predicted octanol–water partition coefficient (Wildman–Crippen LogP) is 3.06. The van der Waals surface area contributed by atoms with E-state index in [0.717, 1.165) is 5.56 Å². The number of para-hydroxylation sites is 2. The fourth-order valence-corrected chi connectivity index (χ4v) is 3.53. The summed E-state index contributed by atoms with van der Waals surface area (Å²) in [5.41, 5.74) is 5.68. The number of hydrazine groups is 1. The molecular weight excluding hydrogens is 402 g/mol. The minimum atomic E-state index is -0.868. The van der Waals surface area contributed by atoms with Gasteiger partial charge in [0.15, 0.2) is 11.5 Å². The lowest BCUT2D eigenvalue weighted by Crippen LogP contribution is -2.50. The summed E-state index contributed by atoms with van der Waals surface area (Å²) >= 11 is 7.29. The Hall–Kier alpha value is -3.10. The Bertz CT molecular complexity index is 1040. The largest absolute Gasteiger partial charge is 0.485 e. The SMILES string of the molecule is O=C(NNC(=O)C1COc2ccccc2O1)c1csc(-c2cccc(Cl)c2)n1. The monoisotopic (exact) mass is 415 g/mol. The van der Waals surface area contributed by atoms with Gasteiger partial charge in [0.2, 0.25) is 6.10 Å². The van der Waals surface area contributed by atoms with E-state index >= 15 is 0 Å². The van der Waals surface area contributed by atoms with Crippen molar-refractivity contribution in [2.75, 3.05) is 6.61 Å². The topological polar surface area (TPSA) is 89.6 Å². The smallest absolute Gasteiger partial charge is 0.289 e. The van der Waals surface area contributed by atoms with Crippen LogP contribution in [0.4, 0.5) is 0 Å². The van der Waals surface area contributed by atoms with Crippen LogP contribution in [0.5, 0.6) is 11.5 Å². The summed E-state index contributed by atoms with van der Waals surface area (Å²) in [4.78, 5) is 28.8. The summed E-state index contributed by atoms with van der Waals surface area (Å²) in [5, 5.41) is 2.84. The van der Waals surface area contributed by atoms with Crippen LogP contribution in [0.2, 0.25) is 5.02 Å². The number of halogens is 1. The third-order valence-corrected chi connectivity index (χ3v) is 5.04. The van der Waals surface area contributed by atoms with Gasteiger partial charge in [0.25, 0.3) is 11.8 Å². The van der Waals surface area contributed by atoms with Gasteiger partial charge < -0.3 is 9.47 Å². The summed E-state index contributed by atoms with van der Waals surface area (Å²) in [5.74, 6) is 0.000600. The number of amides is 2. The molecule has 4 rings (SSSR count). The van der Waals surface area contributed by atoms with E-state index < -0.39 is 17.9 Å². The van der Waals surface area contributed by atoms with E-state index in [1.54, 1.807) is 35.7 Å². The number of carbonyl (C=O) groups excluding carboxylic acids is 2. The lowest BCUT2D eigenvalue weighted by Gasteiger charge is -2.25. The van der Waals surface area contributed by atoms with Gasteiger partial charge >= 0.3 is 0 Å². The minimum absolute atomic E-state index is 0.0499. The number of benzene rings is 2. The summed E-state index contributed by atoms with van der Waals surface area (Å²) < 4.78 is 11.1. The number of ether oxygens (including phenoxy) is 2. The Morgan fingerprint density at radius 1 is 1.11 bits per heavy atom. The van der Waals surface area contributed by atoms with Crippen molar-refractivity contribution in [3.05, 3.63) is 64.6 Å². The molecule has 2 heterocycles. The summed E-state index contributed by atoms with van der Waals surface area (Å²) in [6.45, 7) is 0.0499. The van der Waals surface area contributed by atoms with Gasteiger partial charge in [0.05, 0.1) is 0 Å². The van der Waals surface area contributed by atoms with Crippen LogP contribution in [0.15, 0.2) is 53.9 Å². The second-order valence-electron chi connectivity index (χ2n) is 5.86. The Balaban J connectivity index is 1.35. The number of fused-ring (bicyclic) bond motifs is 1. The van der Waals surface area contributed by atoms with E-state index in [1.807, 2.05) is 18.2 Å². The highest BCUT2D eigenvalue weighted by Crippen LogP contribution is 2.30. The van der Waals surface area contributed by atoms with E-state index in [1.165, 1.54) is 11.3 Å². The van der Waals surface area contributed by atoms with Crippen molar-refractivity contribution < 1.29 is 19.1 Å². The number of thiazole rings is 1. The second-order valence-corrected chi connectivity index (χ2v) is 7.15. The Morgan fingerprint density at radius 2 is 1.93 bits per heavy atom. The van der Waals surface area contributed by atoms with Crippen molar-refractivity contribution in [2.24, 2.45) is 0 Å². The van der Waals surface area contributed by atoms with Crippen molar-refractivity contribution in [2.45, 2.75) is 6.10 Å². The molecule has 9 heteroatoms. The maximum atomic E-state index is 12.3. The van der Waals surface area contributed by atoms with Gasteiger partial charge in [-0.25, -0.2) is 4.98 Å². The van der Waals surface area contributed by atoms with Crippen molar-refractivity contribution in [3.63, 3.8) is 0 Å². The van der Waals surface area contributed by atoms with Crippen molar-refractivity contribution in [3.8, 4) is 22.1 Å². The molecule has 7 nitrogen and oxygen atoms in total. The van der Waals surface area contributed by atoms with Gasteiger partial charge in [-0.3, -0.25) is 20.4 Å². The van der Waals surface area contributed by atoms with Crippen molar-refractivity contribution >= 4 is 34.8 Å². The van der Waals surface area contributed by atoms with Crippen LogP contribution in [0, 0.1) is 0 Å². The molecule has 0 radical (unpaired) electrons. The molecule has 1 aliphatic heterocycles. The van der Waals surface area contributed by atoms with Crippen LogP contribution >= 0.6 is 22.9 Å². The van der Waals surface area contributed by atoms with Gasteiger partial charge in [-0.05, 0) is 24.3 Å². The first-order valence-electron chi connectivity index (χ1n) is 8.30. The Labute approximate surface area is 169 Å². The zero-order valence-corrected chi connectivity index (χ0v) is 15.9. The molecule has 0 aliphatic carbocycles. The summed E-state index contributed by atoms with van der Waals surface area (Å²) in [7, 11) is 0. The normalized spacial score (nSPS) is 15.0. The molecule has 142 valence electrons. The van der Waals surface area contributed by atoms with E-state index in [0.29, 0.717) is 21.5 Å². The highest BCUT2D eigenvalue weighted by Gasteiger charge is 2.27. The molecule has 0 fully saturated rings. The summed E-state index contributed by atoms with van der Waals surface area (Å²) in [6.07, 6.45) is -0.868. The second kappa shape index (κ2) is 7.87. The zero-order valence-electron chi connectivity index (χ0n) is 14.3. The molecule has 0 saturated carbocycles. The van der Waals surface area contributed by atoms with Crippen LogP contribution in [0.25, 0.3) is 10.6 Å². The molecule has 1 aliphatic rings. The Kier molecular flexibility index (Phi) is 5.14. The molecule has 1 atom stereocenters. The van der Waals surface area contributed by atoms with Crippen molar-refractivity contribution in [1.29, 1.82) is 0 Å². The highest BCUT2D eigenvalue weighted by molar-refractivity contribution is 7.13. The predicted molar refractivity (Wildman–Crippen MR) is 105 cm³/mol. The van der Waals surface area contributed by atoms with Crippen LogP contribution in [0.3, 0.4) is 0 Å². The lowest BCUT2D eigenvalue weighted by atomic mass is 10.2. The average molecular weight is 416 g/mol. The third-order valence-electron chi connectivity index (χ3n) is 3.91. The Morgan fingerprint density at radius 3 is 2.75 bits per heavy atom. The molecule has 0 spiro atoms. The number of nitrogens with zero attached hydrogens (tertiary/aromatic N) is 1. The number of hydrogen-bond acceptors (Lipinski definition) is 6. The van der Waals surface area contributed by atoms with E-state index in [9.17, 15) is 9.59 Å². The molecule has 3 aromatic rings. The van der Waals surface area contributed by atoms with Gasteiger partial charge in [-0.2, -0.15) is 0 Å². The zero-order chi connectivity index (χ0) is 19.5. The van der Waals surface area contributed by atoms with Gasteiger partial charge in [0.1, 0.15) is 17.3 Å². The van der Waals surface area contributed by atoms with Crippen LogP contribution in [0.1, 0.15) is 10.5 Å². The maximum absolute atomic E-state index is 12.3. The summed E-state index contributed by atoms with van der Waals surface area (Å²) in [6, 6.07) is 14.2. The fourth-order valence-electron chi connectivity index (χ4n) is 2.54. The van der Waals surface area contributed by atoms with Crippen molar-refractivity contribution in [1.82, 2.24) is 15.8 Å². The fraction of sp³-hybridized carbons (Fsp3) is 0.105. The molecule has 0 saturated heterocycles. The first-order chi connectivity index (χ1) is 13.6. The highest BCUT2D eigenvalue weighted by atomic mass is 35.5. The average Bonchev–Trinajstić information content (AvgIpc) is 3.22. The molecule has 0 bridgehead atoms. The van der Waals surface area contributed by atoms with E-state index in [4.69, 9.17) is 21.1 Å². The van der Waals surface area contributed by atoms with E-state index in [-0.39, 0.29) is 12.3 Å². The van der Waals surface area contributed by atoms with Crippen LogP contribution < -0.4 is 20.3 Å². The molecule has 28 heavy (non-hydrogen) atoms. The standard InChI is InChI=1S/C19H14ClN3O4S/c20-12-5-3-4-11(8-12)19-21-13(10-28-19)17(24)22-23-18(25)16-9-26-14-6-1-2-7-15(14)27-16/h1-8,10,16H,9H2,(H,22,24)(H,23,25). The number of hydrogen-bond donors (Lipinski definition) is 2. The number of rotatable bonds is 3. The van der Waals surface area contributed by atoms with Gasteiger partial charge in [-0.1, -0.05) is 35.9 Å². The maximum Gasteiger partial charge on any atom is 0.289 e. The van der Waals surface area contributed by atoms with Crippen LogP contribution in [-0.4, -0.2) is 29.5 Å². The number of nitrogens with one attached hydrogen (secondary N) is 2. The first-order valence-corrected chi connectivity index (χ1v) is 9.56. The first kappa shape index (κ1) is 18.3. The molecular formula is C19H14ClN3O4S. The number of carbonyl (C=O) groups is 2. The van der Waals surface area contributed by atoms with Gasteiger partial charge in [-0.15, -0.1) is 11.3 Å². The van der Waals surface area contributed by atoms with E-state index in [2.05, 4.69) is 15.8 Å². The lowest BCUT2D eigenvalue weighted by molar-refractivity contribution is -0.131.